The maximum atomic E-state index is 11.8. The molecule has 4 fully saturated rings. The van der Waals surface area contributed by atoms with E-state index in [0.29, 0.717) is 25.7 Å². The van der Waals surface area contributed by atoms with Crippen LogP contribution < -0.4 is 0 Å². The summed E-state index contributed by atoms with van der Waals surface area (Å²) >= 11 is 0. The van der Waals surface area contributed by atoms with E-state index >= 15 is 0 Å². The van der Waals surface area contributed by atoms with E-state index < -0.39 is 29.1 Å². The number of aliphatic carboxylic acids is 1. The summed E-state index contributed by atoms with van der Waals surface area (Å²) in [7, 11) is 0. The summed E-state index contributed by atoms with van der Waals surface area (Å²) in [6.07, 6.45) is 2.68. The van der Waals surface area contributed by atoms with Crippen LogP contribution in [0.2, 0.25) is 0 Å². The van der Waals surface area contributed by atoms with Gasteiger partial charge in [-0.15, -0.1) is 0 Å². The van der Waals surface area contributed by atoms with Crippen molar-refractivity contribution in [3.8, 4) is 0 Å². The first-order valence-electron chi connectivity index (χ1n) is 7.29. The van der Waals surface area contributed by atoms with Gasteiger partial charge < -0.3 is 20.1 Å². The van der Waals surface area contributed by atoms with E-state index in [-0.39, 0.29) is 17.6 Å². The summed E-state index contributed by atoms with van der Waals surface area (Å²) in [5.41, 5.74) is -2.44. The highest BCUT2D eigenvalue weighted by Crippen LogP contribution is 2.62. The van der Waals surface area contributed by atoms with Gasteiger partial charge in [-0.25, -0.2) is 4.79 Å². The van der Waals surface area contributed by atoms with Crippen LogP contribution in [-0.4, -0.2) is 39.0 Å². The monoisotopic (exact) mass is 296 g/mol. The molecular weight excluding hydrogens is 276 g/mol. The van der Waals surface area contributed by atoms with E-state index in [1.807, 2.05) is 0 Å². The maximum Gasteiger partial charge on any atom is 0.334 e. The molecule has 0 aromatic rings. The third-order valence-electron chi connectivity index (χ3n) is 5.23. The van der Waals surface area contributed by atoms with Gasteiger partial charge in [0.05, 0.1) is 11.8 Å². The minimum atomic E-state index is -1.25. The number of ether oxygens (including phenoxy) is 1. The number of carbonyl (C=O) groups is 2. The molecule has 3 N–H and O–H groups in total. The van der Waals surface area contributed by atoms with Crippen molar-refractivity contribution in [2.45, 2.75) is 50.7 Å². The Hall–Kier alpha value is -1.56. The Labute approximate surface area is 122 Å². The molecule has 6 nitrogen and oxygen atoms in total. The van der Waals surface area contributed by atoms with Crippen LogP contribution in [0.1, 0.15) is 39.0 Å². The Bertz CT molecular complexity index is 504. The third-order valence-corrected chi connectivity index (χ3v) is 5.23. The molecule has 6 heteroatoms. The second kappa shape index (κ2) is 4.47. The van der Waals surface area contributed by atoms with E-state index in [1.54, 1.807) is 0 Å². The number of allylic oxidation sites excluding steroid dienone is 1. The molecule has 0 aromatic heterocycles. The molecule has 4 aliphatic carbocycles. The second-order valence-corrected chi connectivity index (χ2v) is 6.95. The highest BCUT2D eigenvalue weighted by atomic mass is 16.6. The van der Waals surface area contributed by atoms with E-state index in [1.165, 1.54) is 6.92 Å². The number of hydrogen-bond acceptors (Lipinski definition) is 5. The normalized spacial score (nSPS) is 44.7. The Morgan fingerprint density at radius 2 is 1.71 bits per heavy atom. The molecule has 116 valence electrons. The molecule has 0 spiro atoms. The minimum absolute atomic E-state index is 0.184. The van der Waals surface area contributed by atoms with Crippen LogP contribution in [0.15, 0.2) is 11.8 Å². The highest BCUT2D eigenvalue weighted by Gasteiger charge is 2.68. The van der Waals surface area contributed by atoms with Crippen LogP contribution in [0, 0.1) is 17.3 Å². The Kier molecular flexibility index (Phi) is 3.06. The number of aliphatic hydroxyl groups excluding tert-OH is 1. The maximum absolute atomic E-state index is 11.8. The largest absolute Gasteiger partial charge is 0.512 e. The van der Waals surface area contributed by atoms with Crippen molar-refractivity contribution in [1.82, 2.24) is 0 Å². The molecule has 0 heterocycles. The molecule has 3 unspecified atom stereocenters. The fourth-order valence-electron chi connectivity index (χ4n) is 4.92. The van der Waals surface area contributed by atoms with Crippen molar-refractivity contribution in [3.63, 3.8) is 0 Å². The molecule has 21 heavy (non-hydrogen) atoms. The number of carbonyl (C=O) groups excluding carboxylic acids is 1. The van der Waals surface area contributed by atoms with E-state index in [9.17, 15) is 19.8 Å². The zero-order chi connectivity index (χ0) is 15.4. The topological polar surface area (TPSA) is 104 Å². The number of esters is 1. The fourth-order valence-corrected chi connectivity index (χ4v) is 4.92. The number of carboxylic acids is 1. The zero-order valence-corrected chi connectivity index (χ0v) is 11.9. The van der Waals surface area contributed by atoms with Gasteiger partial charge in [0, 0.05) is 0 Å². The average molecular weight is 296 g/mol. The summed E-state index contributed by atoms with van der Waals surface area (Å²) in [4.78, 5) is 23.6. The van der Waals surface area contributed by atoms with Gasteiger partial charge in [-0.05, 0) is 50.9 Å². The molecule has 4 saturated carbocycles. The SMILES string of the molecule is CC(O)=CC(=O)OC1C2(O)CC3CC(C2)CC1(C(=O)O)C3. The molecule has 4 rings (SSSR count). The third kappa shape index (κ3) is 2.12. The first-order valence-corrected chi connectivity index (χ1v) is 7.29. The Morgan fingerprint density at radius 1 is 1.14 bits per heavy atom. The van der Waals surface area contributed by atoms with Crippen LogP contribution in [-0.2, 0) is 14.3 Å². The Morgan fingerprint density at radius 3 is 2.19 bits per heavy atom. The molecule has 0 radical (unpaired) electrons. The second-order valence-electron chi connectivity index (χ2n) is 6.95. The van der Waals surface area contributed by atoms with Crippen molar-refractivity contribution in [3.05, 3.63) is 11.8 Å². The smallest absolute Gasteiger partial charge is 0.334 e. The van der Waals surface area contributed by atoms with Crippen molar-refractivity contribution in [2.75, 3.05) is 0 Å². The molecule has 4 aliphatic rings. The van der Waals surface area contributed by atoms with Crippen LogP contribution in [0.3, 0.4) is 0 Å². The van der Waals surface area contributed by atoms with E-state index in [4.69, 9.17) is 9.84 Å². The number of hydrogen-bond donors (Lipinski definition) is 3. The standard InChI is InChI=1S/C15H20O6/c1-8(16)2-11(17)21-12-14(13(18)19)4-9-3-10(5-14)7-15(12,20)6-9/h2,9-10,12,16,20H,3-7H2,1H3,(H,18,19). The van der Waals surface area contributed by atoms with Gasteiger partial charge in [-0.2, -0.15) is 0 Å². The molecule has 0 saturated heterocycles. The lowest BCUT2D eigenvalue weighted by Crippen LogP contribution is -2.69. The lowest BCUT2D eigenvalue weighted by molar-refractivity contribution is -0.253. The van der Waals surface area contributed by atoms with Gasteiger partial charge >= 0.3 is 11.9 Å². The van der Waals surface area contributed by atoms with Crippen molar-refractivity contribution in [1.29, 1.82) is 0 Å². The molecule has 0 aliphatic heterocycles. The average Bonchev–Trinajstić information content (AvgIpc) is 2.31. The molecule has 0 amide bonds. The zero-order valence-electron chi connectivity index (χ0n) is 11.9. The van der Waals surface area contributed by atoms with Crippen LogP contribution >= 0.6 is 0 Å². The summed E-state index contributed by atoms with van der Waals surface area (Å²) in [6, 6.07) is 0. The lowest BCUT2D eigenvalue weighted by Gasteiger charge is -2.61. The number of aliphatic hydroxyl groups is 2. The van der Waals surface area contributed by atoms with Crippen LogP contribution in [0.4, 0.5) is 0 Å². The van der Waals surface area contributed by atoms with E-state index in [2.05, 4.69) is 0 Å². The fraction of sp³-hybridized carbons (Fsp3) is 0.733. The number of rotatable bonds is 3. The van der Waals surface area contributed by atoms with Gasteiger partial charge in [-0.1, -0.05) is 0 Å². The van der Waals surface area contributed by atoms with Crippen molar-refractivity contribution in [2.24, 2.45) is 17.3 Å². The van der Waals surface area contributed by atoms with E-state index in [0.717, 1.165) is 12.5 Å². The summed E-state index contributed by atoms with van der Waals surface area (Å²) in [5.74, 6) is -1.65. The first-order chi connectivity index (χ1) is 9.75. The summed E-state index contributed by atoms with van der Waals surface area (Å²) in [5, 5.41) is 29.7. The first kappa shape index (κ1) is 14.4. The van der Waals surface area contributed by atoms with Crippen LogP contribution in [0.5, 0.6) is 0 Å². The van der Waals surface area contributed by atoms with Gasteiger partial charge in [0.1, 0.15) is 17.1 Å². The van der Waals surface area contributed by atoms with Gasteiger partial charge in [-0.3, -0.25) is 4.79 Å². The van der Waals surface area contributed by atoms with Crippen LogP contribution in [0.25, 0.3) is 0 Å². The highest BCUT2D eigenvalue weighted by molar-refractivity contribution is 5.84. The summed E-state index contributed by atoms with van der Waals surface area (Å²) in [6.45, 7) is 1.33. The van der Waals surface area contributed by atoms with Crippen molar-refractivity contribution >= 4 is 11.9 Å². The van der Waals surface area contributed by atoms with Gasteiger partial charge in [0.25, 0.3) is 0 Å². The van der Waals surface area contributed by atoms with Gasteiger partial charge in [0.2, 0.25) is 0 Å². The molecule has 3 atom stereocenters. The lowest BCUT2D eigenvalue weighted by atomic mass is 9.46. The van der Waals surface area contributed by atoms with Gasteiger partial charge in [0.15, 0.2) is 0 Å². The minimum Gasteiger partial charge on any atom is -0.512 e. The quantitative estimate of drug-likeness (QED) is 0.413. The van der Waals surface area contributed by atoms with Crippen molar-refractivity contribution < 1.29 is 29.6 Å². The Balaban J connectivity index is 1.94. The number of carboxylic acid groups (broad SMARTS) is 1. The predicted molar refractivity (Wildman–Crippen MR) is 71.3 cm³/mol. The predicted octanol–water partition coefficient (Wildman–Crippen LogP) is 1.39. The molecule has 4 bridgehead atoms. The molecular formula is C15H20O6. The molecule has 0 aromatic carbocycles. The summed E-state index contributed by atoms with van der Waals surface area (Å²) < 4.78 is 5.30.